The lowest BCUT2D eigenvalue weighted by Crippen LogP contribution is -2.20. The Morgan fingerprint density at radius 3 is 0.393 bits per heavy atom. The van der Waals surface area contributed by atoms with Gasteiger partial charge in [-0.15, -0.1) is 0 Å². The van der Waals surface area contributed by atoms with E-state index in [1.54, 1.807) is 97.1 Å². The zero-order chi connectivity index (χ0) is 50.5. The van der Waals surface area contributed by atoms with Gasteiger partial charge in [0.25, 0.3) is 0 Å². The molecule has 5 heteroatoms. The van der Waals surface area contributed by atoms with Gasteiger partial charge in [0.15, 0.2) is 23.1 Å². The number of rotatable bonds is 0. The average Bonchev–Trinajstić information content (AvgIpc) is 3.37. The third kappa shape index (κ3) is 31.1. The van der Waals surface area contributed by atoms with Crippen LogP contribution in [0.1, 0.15) is 236 Å². The minimum absolute atomic E-state index is 0.0641. The Balaban J connectivity index is -0.0000000797. The van der Waals surface area contributed by atoms with Crippen molar-refractivity contribution in [2.45, 2.75) is 173 Å². The molecule has 0 N–H and O–H groups in total. The Hall–Kier alpha value is -4.48. The van der Waals surface area contributed by atoms with Crippen molar-refractivity contribution in [3.63, 3.8) is 0 Å². The van der Waals surface area contributed by atoms with Crippen LogP contribution in [0, 0.1) is 0 Å². The molecule has 0 aliphatic heterocycles. The molecular formula is C56H99NO4. The van der Waals surface area contributed by atoms with E-state index in [0.29, 0.717) is 44.5 Å². The van der Waals surface area contributed by atoms with Crippen molar-refractivity contribution in [3.8, 4) is 0 Å². The second-order valence-electron chi connectivity index (χ2n) is 9.55. The molecule has 0 saturated carbocycles. The van der Waals surface area contributed by atoms with Crippen molar-refractivity contribution in [2.24, 2.45) is 0 Å². The molecule has 61 heavy (non-hydrogen) atoms. The lowest BCUT2D eigenvalue weighted by atomic mass is 9.84. The number of ketones is 4. The molecule has 352 valence electrons. The first-order valence-corrected chi connectivity index (χ1v) is 23.9. The molecule has 0 fully saturated rings. The summed E-state index contributed by atoms with van der Waals surface area (Å²) in [6.07, 6.45) is 1.25. The maximum atomic E-state index is 12.1. The summed E-state index contributed by atoms with van der Waals surface area (Å²) in [5.74, 6) is -0.256. The highest BCUT2D eigenvalue weighted by atomic mass is 16.1. The molecule has 0 aromatic heterocycles. The number of carbonyl (C=O) groups excluding carboxylic acids is 4. The predicted molar refractivity (Wildman–Crippen MR) is 280 cm³/mol. The summed E-state index contributed by atoms with van der Waals surface area (Å²) in [7, 11) is 6.00. The van der Waals surface area contributed by atoms with E-state index in [1.807, 2.05) is 178 Å². The van der Waals surface area contributed by atoms with Crippen molar-refractivity contribution < 1.29 is 19.2 Å². The van der Waals surface area contributed by atoms with Crippen molar-refractivity contribution in [1.29, 1.82) is 0 Å². The van der Waals surface area contributed by atoms with Crippen LogP contribution in [0.15, 0.2) is 97.1 Å². The van der Waals surface area contributed by atoms with Crippen LogP contribution < -0.4 is 0 Å². The Morgan fingerprint density at radius 2 is 0.328 bits per heavy atom. The van der Waals surface area contributed by atoms with E-state index in [2.05, 4.69) is 13.8 Å². The van der Waals surface area contributed by atoms with E-state index in [0.717, 1.165) is 0 Å². The summed E-state index contributed by atoms with van der Waals surface area (Å²) >= 11 is 0. The molecule has 6 rings (SSSR count). The molecule has 0 atom stereocenters. The molecule has 2 aliphatic rings. The minimum Gasteiger partial charge on any atom is -0.312 e. The molecule has 4 aromatic carbocycles. The number of benzene rings is 4. The molecule has 4 aromatic rings. The van der Waals surface area contributed by atoms with Crippen LogP contribution in [0.4, 0.5) is 0 Å². The summed E-state index contributed by atoms with van der Waals surface area (Å²) in [6.45, 7) is 48.2. The first-order chi connectivity index (χ1) is 29.7. The lowest BCUT2D eigenvalue weighted by molar-refractivity contribution is 0.0979. The van der Waals surface area contributed by atoms with Gasteiger partial charge in [0.1, 0.15) is 0 Å². The van der Waals surface area contributed by atoms with Crippen LogP contribution >= 0.6 is 0 Å². The largest absolute Gasteiger partial charge is 0.312 e. The fourth-order valence-corrected chi connectivity index (χ4v) is 4.10. The van der Waals surface area contributed by atoms with Gasteiger partial charge >= 0.3 is 0 Å². The molecule has 0 unspecified atom stereocenters. The van der Waals surface area contributed by atoms with Gasteiger partial charge in [-0.2, -0.15) is 0 Å². The first-order valence-electron chi connectivity index (χ1n) is 23.9. The molecule has 5 nitrogen and oxygen atoms in total. The molecule has 0 spiro atoms. The molecular weight excluding hydrogens is 751 g/mol. The normalized spacial score (nSPS) is 8.92. The third-order valence-electron chi connectivity index (χ3n) is 5.67. The number of fused-ring (bicyclic) bond motifs is 4. The van der Waals surface area contributed by atoms with Gasteiger partial charge in [-0.3, -0.25) is 19.2 Å². The van der Waals surface area contributed by atoms with E-state index in [-0.39, 0.29) is 23.1 Å². The Bertz CT molecular complexity index is 1200. The van der Waals surface area contributed by atoms with Gasteiger partial charge in [-0.25, -0.2) is 0 Å². The Labute approximate surface area is 381 Å². The molecule has 2 aliphatic carbocycles. The standard InChI is InChI=1S/2C14H8O2.C3H9N.C3H8.11C2H6/c2*15-13-9-5-1-2-6-10(9)14(16)12-8-4-3-7-11(12)13;1-4(2)3;1-3-2;11*1-2/h2*1-8H;1-3H3;3H2,1-2H3;11*1-2H3. The van der Waals surface area contributed by atoms with Crippen molar-refractivity contribution >= 4 is 23.1 Å². The van der Waals surface area contributed by atoms with E-state index < -0.39 is 0 Å². The highest BCUT2D eigenvalue weighted by molar-refractivity contribution is 6.29. The van der Waals surface area contributed by atoms with Crippen LogP contribution in [-0.4, -0.2) is 49.2 Å². The smallest absolute Gasteiger partial charge is 0.194 e. The first kappa shape index (κ1) is 77.2. The van der Waals surface area contributed by atoms with Gasteiger partial charge in [0.2, 0.25) is 0 Å². The summed E-state index contributed by atoms with van der Waals surface area (Å²) in [6, 6.07) is 27.8. The van der Waals surface area contributed by atoms with Crippen LogP contribution in [-0.2, 0) is 0 Å². The SMILES string of the molecule is CC.CC.CC.CC.CC.CC.CC.CC.CC.CC.CC.CCC.CN(C)C.O=C1c2ccccc2C(=O)c2ccccc21.O=C1c2ccccc2C(=O)c2ccccc21. The zero-order valence-electron chi connectivity index (χ0n) is 45.0. The highest BCUT2D eigenvalue weighted by Crippen LogP contribution is 2.27. The summed E-state index contributed by atoms with van der Waals surface area (Å²) < 4.78 is 0. The maximum absolute atomic E-state index is 12.1. The fraction of sp³-hybridized carbons (Fsp3) is 0.500. The van der Waals surface area contributed by atoms with E-state index >= 15 is 0 Å². The highest BCUT2D eigenvalue weighted by Gasteiger charge is 2.29. The average molecular weight is 850 g/mol. The van der Waals surface area contributed by atoms with E-state index in [4.69, 9.17) is 0 Å². The number of hydrogen-bond donors (Lipinski definition) is 0. The van der Waals surface area contributed by atoms with Gasteiger partial charge in [0, 0.05) is 44.5 Å². The zero-order valence-corrected chi connectivity index (χ0v) is 45.0. The van der Waals surface area contributed by atoms with E-state index in [9.17, 15) is 19.2 Å². The van der Waals surface area contributed by atoms with Gasteiger partial charge in [0.05, 0.1) is 0 Å². The fourth-order valence-electron chi connectivity index (χ4n) is 4.10. The molecule has 0 bridgehead atoms. The van der Waals surface area contributed by atoms with Crippen molar-refractivity contribution in [1.82, 2.24) is 4.90 Å². The summed E-state index contributed by atoms with van der Waals surface area (Å²) in [5.41, 5.74) is 4.05. The van der Waals surface area contributed by atoms with Crippen LogP contribution in [0.5, 0.6) is 0 Å². The summed E-state index contributed by atoms with van der Waals surface area (Å²) in [4.78, 5) is 50.4. The number of hydrogen-bond acceptors (Lipinski definition) is 5. The monoisotopic (exact) mass is 850 g/mol. The maximum Gasteiger partial charge on any atom is 0.194 e. The van der Waals surface area contributed by atoms with E-state index in [1.165, 1.54) is 6.42 Å². The Morgan fingerprint density at radius 1 is 0.262 bits per heavy atom. The Kier molecular flexibility index (Phi) is 78.6. The molecule has 0 heterocycles. The second kappa shape index (κ2) is 62.2. The van der Waals surface area contributed by atoms with Gasteiger partial charge < -0.3 is 4.90 Å². The predicted octanol–water partition coefficient (Wildman–Crippen LogP) is 17.8. The second-order valence-corrected chi connectivity index (χ2v) is 9.55. The topological polar surface area (TPSA) is 71.5 Å². The van der Waals surface area contributed by atoms with Crippen molar-refractivity contribution in [2.75, 3.05) is 21.1 Å². The molecule has 0 saturated heterocycles. The lowest BCUT2D eigenvalue weighted by Gasteiger charge is -2.16. The summed E-state index contributed by atoms with van der Waals surface area (Å²) in [5, 5.41) is 0. The van der Waals surface area contributed by atoms with Gasteiger partial charge in [-0.1, -0.05) is 270 Å². The molecule has 0 radical (unpaired) electrons. The van der Waals surface area contributed by atoms with Crippen LogP contribution in [0.2, 0.25) is 0 Å². The molecule has 0 amide bonds. The number of nitrogens with zero attached hydrogens (tertiary/aromatic N) is 1. The van der Waals surface area contributed by atoms with Crippen molar-refractivity contribution in [3.05, 3.63) is 142 Å². The van der Waals surface area contributed by atoms with Gasteiger partial charge in [-0.05, 0) is 21.1 Å². The third-order valence-corrected chi connectivity index (χ3v) is 5.67. The minimum atomic E-state index is -0.0641. The number of carbonyl (C=O) groups is 4. The van der Waals surface area contributed by atoms with Crippen LogP contribution in [0.3, 0.4) is 0 Å². The quantitative estimate of drug-likeness (QED) is 0.152. The van der Waals surface area contributed by atoms with Crippen LogP contribution in [0.25, 0.3) is 0 Å².